The summed E-state index contributed by atoms with van der Waals surface area (Å²) in [7, 11) is 0. The van der Waals surface area contributed by atoms with E-state index in [1.165, 1.54) is 6.21 Å². The standard InChI is InChI=1S/C8H10N4O/c1-6-7(3-2-4-10-6)5-11-12-8(9)13/h2-5H,1H3,(H3,9,12,13)/b11-5+. The summed E-state index contributed by atoms with van der Waals surface area (Å²) in [6.45, 7) is 1.85. The highest BCUT2D eigenvalue weighted by molar-refractivity contribution is 5.82. The van der Waals surface area contributed by atoms with Gasteiger partial charge in [-0.15, -0.1) is 0 Å². The normalized spacial score (nSPS) is 10.2. The summed E-state index contributed by atoms with van der Waals surface area (Å²) >= 11 is 0. The van der Waals surface area contributed by atoms with Crippen molar-refractivity contribution >= 4 is 12.2 Å². The number of pyridine rings is 1. The number of nitrogens with two attached hydrogens (primary N) is 1. The maximum absolute atomic E-state index is 10.3. The van der Waals surface area contributed by atoms with Crippen LogP contribution in [0, 0.1) is 6.92 Å². The van der Waals surface area contributed by atoms with Crippen molar-refractivity contribution in [2.24, 2.45) is 10.8 Å². The second-order valence-corrected chi connectivity index (χ2v) is 2.41. The van der Waals surface area contributed by atoms with E-state index in [0.29, 0.717) is 0 Å². The third-order valence-electron chi connectivity index (χ3n) is 1.43. The molecule has 5 heteroatoms. The van der Waals surface area contributed by atoms with Gasteiger partial charge in [-0.25, -0.2) is 10.2 Å². The Morgan fingerprint density at radius 1 is 1.77 bits per heavy atom. The van der Waals surface area contributed by atoms with Gasteiger partial charge in [-0.2, -0.15) is 5.10 Å². The van der Waals surface area contributed by atoms with Gasteiger partial charge in [-0.1, -0.05) is 6.07 Å². The van der Waals surface area contributed by atoms with E-state index < -0.39 is 6.03 Å². The van der Waals surface area contributed by atoms with Gasteiger partial charge in [-0.05, 0) is 13.0 Å². The molecule has 0 atom stereocenters. The average Bonchev–Trinajstić information content (AvgIpc) is 2.08. The van der Waals surface area contributed by atoms with Crippen LogP contribution in [0.1, 0.15) is 11.3 Å². The van der Waals surface area contributed by atoms with E-state index in [9.17, 15) is 4.79 Å². The smallest absolute Gasteiger partial charge is 0.332 e. The van der Waals surface area contributed by atoms with Gasteiger partial charge >= 0.3 is 6.03 Å². The number of nitrogens with zero attached hydrogens (tertiary/aromatic N) is 2. The molecule has 3 N–H and O–H groups in total. The molecule has 0 fully saturated rings. The van der Waals surface area contributed by atoms with Crippen LogP contribution >= 0.6 is 0 Å². The maximum atomic E-state index is 10.3. The third-order valence-corrected chi connectivity index (χ3v) is 1.43. The van der Waals surface area contributed by atoms with Gasteiger partial charge in [0.25, 0.3) is 0 Å². The molecule has 0 unspecified atom stereocenters. The van der Waals surface area contributed by atoms with Gasteiger partial charge in [0, 0.05) is 17.5 Å². The Morgan fingerprint density at radius 3 is 3.15 bits per heavy atom. The first kappa shape index (κ1) is 9.18. The van der Waals surface area contributed by atoms with Crippen molar-refractivity contribution in [3.63, 3.8) is 0 Å². The van der Waals surface area contributed by atoms with Crippen molar-refractivity contribution in [1.29, 1.82) is 0 Å². The molecule has 0 aliphatic rings. The zero-order chi connectivity index (χ0) is 9.68. The van der Waals surface area contributed by atoms with Gasteiger partial charge in [0.05, 0.1) is 6.21 Å². The monoisotopic (exact) mass is 178 g/mol. The summed E-state index contributed by atoms with van der Waals surface area (Å²) in [6, 6.07) is 2.95. The molecule has 13 heavy (non-hydrogen) atoms. The number of urea groups is 1. The van der Waals surface area contributed by atoms with Gasteiger partial charge in [0.1, 0.15) is 0 Å². The van der Waals surface area contributed by atoms with Crippen LogP contribution < -0.4 is 11.2 Å². The van der Waals surface area contributed by atoms with Crippen LogP contribution in [-0.4, -0.2) is 17.2 Å². The second-order valence-electron chi connectivity index (χ2n) is 2.41. The lowest BCUT2D eigenvalue weighted by Gasteiger charge is -1.96. The zero-order valence-corrected chi connectivity index (χ0v) is 7.19. The largest absolute Gasteiger partial charge is 0.350 e. The lowest BCUT2D eigenvalue weighted by Crippen LogP contribution is -2.24. The quantitative estimate of drug-likeness (QED) is 0.507. The molecule has 68 valence electrons. The molecular weight excluding hydrogens is 168 g/mol. The molecule has 1 aromatic rings. The number of carbonyl (C=O) groups is 1. The Kier molecular flexibility index (Phi) is 2.97. The van der Waals surface area contributed by atoms with E-state index in [-0.39, 0.29) is 0 Å². The van der Waals surface area contributed by atoms with Crippen LogP contribution in [0.4, 0.5) is 4.79 Å². The van der Waals surface area contributed by atoms with E-state index in [2.05, 4.69) is 15.5 Å². The Labute approximate surface area is 75.7 Å². The minimum atomic E-state index is -0.683. The van der Waals surface area contributed by atoms with Crippen LogP contribution in [0.2, 0.25) is 0 Å². The van der Waals surface area contributed by atoms with Crippen molar-refractivity contribution in [2.45, 2.75) is 6.92 Å². The molecule has 0 saturated heterocycles. The summed E-state index contributed by atoms with van der Waals surface area (Å²) in [5, 5.41) is 3.61. The molecule has 0 aliphatic carbocycles. The van der Waals surface area contributed by atoms with Crippen molar-refractivity contribution < 1.29 is 4.79 Å². The van der Waals surface area contributed by atoms with E-state index in [4.69, 9.17) is 5.73 Å². The number of hydrazone groups is 1. The van der Waals surface area contributed by atoms with E-state index in [0.717, 1.165) is 11.3 Å². The number of amides is 2. The van der Waals surface area contributed by atoms with Gasteiger partial charge in [-0.3, -0.25) is 4.98 Å². The minimum absolute atomic E-state index is 0.683. The molecule has 1 aromatic heterocycles. The minimum Gasteiger partial charge on any atom is -0.350 e. The Bertz CT molecular complexity index is 335. The van der Waals surface area contributed by atoms with Crippen molar-refractivity contribution in [3.05, 3.63) is 29.6 Å². The van der Waals surface area contributed by atoms with Crippen LogP contribution in [0.25, 0.3) is 0 Å². The molecule has 2 amide bonds. The number of aryl methyl sites for hydroxylation is 1. The van der Waals surface area contributed by atoms with Crippen LogP contribution in [0.3, 0.4) is 0 Å². The first-order valence-corrected chi connectivity index (χ1v) is 3.70. The highest BCUT2D eigenvalue weighted by Crippen LogP contribution is 1.98. The first-order valence-electron chi connectivity index (χ1n) is 3.70. The fourth-order valence-corrected chi connectivity index (χ4v) is 0.799. The van der Waals surface area contributed by atoms with E-state index in [1.54, 1.807) is 12.3 Å². The lowest BCUT2D eigenvalue weighted by molar-refractivity contribution is 0.249. The van der Waals surface area contributed by atoms with E-state index in [1.807, 2.05) is 13.0 Å². The van der Waals surface area contributed by atoms with Crippen molar-refractivity contribution in [1.82, 2.24) is 10.4 Å². The molecule has 0 saturated carbocycles. The molecular formula is C8H10N4O. The topological polar surface area (TPSA) is 80.4 Å². The molecule has 0 radical (unpaired) electrons. The Balaban J connectivity index is 2.68. The number of aromatic nitrogens is 1. The van der Waals surface area contributed by atoms with Gasteiger partial charge in [0.2, 0.25) is 0 Å². The van der Waals surface area contributed by atoms with Crippen LogP contribution in [0.5, 0.6) is 0 Å². The van der Waals surface area contributed by atoms with Crippen LogP contribution in [0.15, 0.2) is 23.4 Å². The van der Waals surface area contributed by atoms with E-state index >= 15 is 0 Å². The molecule has 0 aliphatic heterocycles. The van der Waals surface area contributed by atoms with Gasteiger partial charge < -0.3 is 5.73 Å². The summed E-state index contributed by atoms with van der Waals surface area (Å²) in [4.78, 5) is 14.3. The number of nitrogens with one attached hydrogen (secondary N) is 1. The number of rotatable bonds is 2. The lowest BCUT2D eigenvalue weighted by atomic mass is 10.2. The molecule has 1 rings (SSSR count). The summed E-state index contributed by atoms with van der Waals surface area (Å²) < 4.78 is 0. The molecule has 0 spiro atoms. The second kappa shape index (κ2) is 4.20. The zero-order valence-electron chi connectivity index (χ0n) is 7.19. The maximum Gasteiger partial charge on any atom is 0.332 e. The summed E-state index contributed by atoms with van der Waals surface area (Å²) in [6.07, 6.45) is 3.18. The molecule has 0 aromatic carbocycles. The predicted molar refractivity (Wildman–Crippen MR) is 49.3 cm³/mol. The molecule has 1 heterocycles. The summed E-state index contributed by atoms with van der Waals surface area (Å²) in [5.74, 6) is 0. The number of hydrogen-bond acceptors (Lipinski definition) is 3. The highest BCUT2D eigenvalue weighted by Gasteiger charge is 1.92. The number of carbonyl (C=O) groups excluding carboxylic acids is 1. The molecule has 5 nitrogen and oxygen atoms in total. The van der Waals surface area contributed by atoms with Crippen molar-refractivity contribution in [2.75, 3.05) is 0 Å². The summed E-state index contributed by atoms with van der Waals surface area (Å²) in [5.41, 5.74) is 8.61. The average molecular weight is 178 g/mol. The predicted octanol–water partition coefficient (Wildman–Crippen LogP) is 0.392. The first-order chi connectivity index (χ1) is 6.20. The fourth-order valence-electron chi connectivity index (χ4n) is 0.799. The van der Waals surface area contributed by atoms with Gasteiger partial charge in [0.15, 0.2) is 0 Å². The number of primary amides is 1. The third kappa shape index (κ3) is 2.90. The fraction of sp³-hybridized carbons (Fsp3) is 0.125. The highest BCUT2D eigenvalue weighted by atomic mass is 16.2. The Morgan fingerprint density at radius 2 is 2.54 bits per heavy atom. The van der Waals surface area contributed by atoms with Crippen molar-refractivity contribution in [3.8, 4) is 0 Å². The molecule has 0 bridgehead atoms. The number of hydrogen-bond donors (Lipinski definition) is 2. The SMILES string of the molecule is Cc1ncccc1/C=N/NC(N)=O. The Hall–Kier alpha value is -1.91. The van der Waals surface area contributed by atoms with Crippen LogP contribution in [-0.2, 0) is 0 Å².